The number of carbonyl (C=O) groups is 2. The summed E-state index contributed by atoms with van der Waals surface area (Å²) in [5, 5.41) is 17.6. The predicted octanol–water partition coefficient (Wildman–Crippen LogP) is 0.969. The molecule has 0 amide bonds. The summed E-state index contributed by atoms with van der Waals surface area (Å²) in [7, 11) is 0. The van der Waals surface area contributed by atoms with E-state index in [1.807, 2.05) is 6.08 Å². The van der Waals surface area contributed by atoms with E-state index in [0.29, 0.717) is 25.7 Å². The summed E-state index contributed by atoms with van der Waals surface area (Å²) in [5.41, 5.74) is 0. The van der Waals surface area contributed by atoms with Gasteiger partial charge in [0.25, 0.3) is 0 Å². The number of allylic oxidation sites excluding steroid dienone is 1. The van der Waals surface area contributed by atoms with Crippen molar-refractivity contribution in [3.63, 3.8) is 0 Å². The fourth-order valence-corrected chi connectivity index (χ4v) is 1.84. The summed E-state index contributed by atoms with van der Waals surface area (Å²) in [6.45, 7) is 0.300. The fraction of sp³-hybridized carbons (Fsp3) is 0.667. The molecule has 5 heteroatoms. The van der Waals surface area contributed by atoms with Crippen molar-refractivity contribution in [2.24, 2.45) is 11.8 Å². The maximum absolute atomic E-state index is 11.7. The molecular weight excluding hydrogens is 224 g/mol. The van der Waals surface area contributed by atoms with Gasteiger partial charge in [0.05, 0.1) is 18.4 Å². The van der Waals surface area contributed by atoms with Crippen LogP contribution >= 0.6 is 0 Å². The highest BCUT2D eigenvalue weighted by molar-refractivity contribution is 5.83. The first-order valence-corrected chi connectivity index (χ1v) is 5.83. The second kappa shape index (κ2) is 7.06. The number of carbonyl (C=O) groups excluding carboxylic acids is 1. The average molecular weight is 242 g/mol. The van der Waals surface area contributed by atoms with E-state index in [2.05, 4.69) is 0 Å². The number of aliphatic carboxylic acids is 1. The third-order valence-corrected chi connectivity index (χ3v) is 2.81. The summed E-state index contributed by atoms with van der Waals surface area (Å²) in [5.74, 6) is -2.78. The molecule has 5 nitrogen and oxygen atoms in total. The Morgan fingerprint density at radius 3 is 2.76 bits per heavy atom. The third kappa shape index (κ3) is 4.19. The van der Waals surface area contributed by atoms with Crippen LogP contribution in [0.15, 0.2) is 12.2 Å². The number of carboxylic acids is 1. The molecule has 0 aromatic heterocycles. The van der Waals surface area contributed by atoms with E-state index in [-0.39, 0.29) is 13.2 Å². The summed E-state index contributed by atoms with van der Waals surface area (Å²) < 4.78 is 5.00. The lowest BCUT2D eigenvalue weighted by atomic mass is 9.84. The lowest BCUT2D eigenvalue weighted by Gasteiger charge is -2.22. The van der Waals surface area contributed by atoms with Crippen LogP contribution in [0.5, 0.6) is 0 Å². The van der Waals surface area contributed by atoms with Gasteiger partial charge < -0.3 is 14.9 Å². The van der Waals surface area contributed by atoms with Gasteiger partial charge in [-0.15, -0.1) is 0 Å². The Bertz CT molecular complexity index is 297. The van der Waals surface area contributed by atoms with Crippen molar-refractivity contribution in [3.05, 3.63) is 12.2 Å². The maximum atomic E-state index is 11.7. The Morgan fingerprint density at radius 2 is 2.12 bits per heavy atom. The number of hydrogen-bond donors (Lipinski definition) is 2. The van der Waals surface area contributed by atoms with Crippen molar-refractivity contribution in [1.82, 2.24) is 0 Å². The van der Waals surface area contributed by atoms with Crippen molar-refractivity contribution < 1.29 is 24.5 Å². The van der Waals surface area contributed by atoms with Crippen LogP contribution in [-0.2, 0) is 14.3 Å². The molecular formula is C12H18O5. The molecule has 0 saturated carbocycles. The van der Waals surface area contributed by atoms with E-state index in [4.69, 9.17) is 14.9 Å². The van der Waals surface area contributed by atoms with Gasteiger partial charge in [0.1, 0.15) is 0 Å². The van der Waals surface area contributed by atoms with Crippen LogP contribution in [-0.4, -0.2) is 35.4 Å². The van der Waals surface area contributed by atoms with Crippen molar-refractivity contribution in [2.45, 2.75) is 25.7 Å². The minimum absolute atomic E-state index is 0.0681. The van der Waals surface area contributed by atoms with E-state index in [1.165, 1.54) is 0 Å². The van der Waals surface area contributed by atoms with Crippen LogP contribution in [0.3, 0.4) is 0 Å². The van der Waals surface area contributed by atoms with Crippen LogP contribution in [0.4, 0.5) is 0 Å². The van der Waals surface area contributed by atoms with Gasteiger partial charge in [-0.05, 0) is 25.7 Å². The second-order valence-electron chi connectivity index (χ2n) is 4.07. The lowest BCUT2D eigenvalue weighted by Crippen LogP contribution is -2.31. The van der Waals surface area contributed by atoms with E-state index in [9.17, 15) is 9.59 Å². The first kappa shape index (κ1) is 13.7. The molecule has 0 fully saturated rings. The number of aliphatic hydroxyl groups excluding tert-OH is 1. The van der Waals surface area contributed by atoms with Crippen molar-refractivity contribution in [1.29, 1.82) is 0 Å². The molecule has 2 unspecified atom stereocenters. The molecule has 0 heterocycles. The number of esters is 1. The number of rotatable bonds is 6. The zero-order valence-corrected chi connectivity index (χ0v) is 9.67. The topological polar surface area (TPSA) is 83.8 Å². The van der Waals surface area contributed by atoms with Gasteiger partial charge in [-0.2, -0.15) is 0 Å². The van der Waals surface area contributed by atoms with E-state index < -0.39 is 23.8 Å². The normalized spacial score (nSPS) is 23.4. The molecule has 17 heavy (non-hydrogen) atoms. The Balaban J connectivity index is 2.45. The zero-order valence-electron chi connectivity index (χ0n) is 9.67. The molecule has 1 aliphatic carbocycles. The molecule has 96 valence electrons. The van der Waals surface area contributed by atoms with Crippen LogP contribution < -0.4 is 0 Å². The molecule has 0 spiro atoms. The highest BCUT2D eigenvalue weighted by atomic mass is 16.5. The van der Waals surface area contributed by atoms with Gasteiger partial charge in [0.2, 0.25) is 0 Å². The van der Waals surface area contributed by atoms with E-state index >= 15 is 0 Å². The van der Waals surface area contributed by atoms with Crippen molar-refractivity contribution >= 4 is 11.9 Å². The Kier molecular flexibility index (Phi) is 5.69. The minimum Gasteiger partial charge on any atom is -0.481 e. The molecule has 0 aromatic rings. The quantitative estimate of drug-likeness (QED) is 0.412. The fourth-order valence-electron chi connectivity index (χ4n) is 1.84. The molecule has 0 saturated heterocycles. The zero-order chi connectivity index (χ0) is 12.7. The summed E-state index contributed by atoms with van der Waals surface area (Å²) in [6.07, 6.45) is 5.77. The van der Waals surface area contributed by atoms with Gasteiger partial charge in [-0.1, -0.05) is 12.2 Å². The molecule has 1 aliphatic rings. The lowest BCUT2D eigenvalue weighted by molar-refractivity contribution is -0.156. The van der Waals surface area contributed by atoms with E-state index in [0.717, 1.165) is 0 Å². The monoisotopic (exact) mass is 242 g/mol. The maximum Gasteiger partial charge on any atom is 0.313 e. The smallest absolute Gasteiger partial charge is 0.313 e. The summed E-state index contributed by atoms with van der Waals surface area (Å²) >= 11 is 0. The Hall–Kier alpha value is -1.36. The molecule has 0 radical (unpaired) electrons. The largest absolute Gasteiger partial charge is 0.481 e. The number of carboxylic acid groups (broad SMARTS) is 1. The van der Waals surface area contributed by atoms with E-state index in [1.54, 1.807) is 6.08 Å². The molecule has 2 atom stereocenters. The summed E-state index contributed by atoms with van der Waals surface area (Å²) in [6, 6.07) is 0. The SMILES string of the molecule is O=C(OCCCCO)C1C=CCCC1C(=O)O. The number of hydrogen-bond acceptors (Lipinski definition) is 4. The third-order valence-electron chi connectivity index (χ3n) is 2.81. The first-order chi connectivity index (χ1) is 8.16. The number of aliphatic hydroxyl groups is 1. The Morgan fingerprint density at radius 1 is 1.35 bits per heavy atom. The van der Waals surface area contributed by atoms with Crippen LogP contribution in [0.1, 0.15) is 25.7 Å². The Labute approximate surface area is 100 Å². The minimum atomic E-state index is -0.952. The van der Waals surface area contributed by atoms with Crippen LogP contribution in [0.25, 0.3) is 0 Å². The molecule has 0 bridgehead atoms. The van der Waals surface area contributed by atoms with Crippen LogP contribution in [0.2, 0.25) is 0 Å². The van der Waals surface area contributed by atoms with Crippen molar-refractivity contribution in [3.8, 4) is 0 Å². The van der Waals surface area contributed by atoms with Gasteiger partial charge in [0, 0.05) is 6.61 Å². The first-order valence-electron chi connectivity index (χ1n) is 5.83. The standard InChI is InChI=1S/C12H18O5/c13-7-3-4-8-17-12(16)10-6-2-1-5-9(10)11(14)15/h2,6,9-10,13H,1,3-5,7-8H2,(H,14,15). The van der Waals surface area contributed by atoms with Gasteiger partial charge in [-0.25, -0.2) is 0 Å². The van der Waals surface area contributed by atoms with Crippen LogP contribution in [0, 0.1) is 11.8 Å². The van der Waals surface area contributed by atoms with Gasteiger partial charge in [0.15, 0.2) is 0 Å². The van der Waals surface area contributed by atoms with Gasteiger partial charge >= 0.3 is 11.9 Å². The number of unbranched alkanes of at least 4 members (excludes halogenated alkanes) is 1. The highest BCUT2D eigenvalue weighted by Crippen LogP contribution is 2.26. The average Bonchev–Trinajstić information content (AvgIpc) is 2.34. The molecule has 2 N–H and O–H groups in total. The highest BCUT2D eigenvalue weighted by Gasteiger charge is 2.34. The van der Waals surface area contributed by atoms with Crippen molar-refractivity contribution in [2.75, 3.05) is 13.2 Å². The predicted molar refractivity (Wildman–Crippen MR) is 60.3 cm³/mol. The molecule has 0 aromatic carbocycles. The molecule has 1 rings (SSSR count). The summed E-state index contributed by atoms with van der Waals surface area (Å²) in [4.78, 5) is 22.6. The second-order valence-corrected chi connectivity index (χ2v) is 4.07. The van der Waals surface area contributed by atoms with Gasteiger partial charge in [-0.3, -0.25) is 9.59 Å². The molecule has 0 aliphatic heterocycles. The number of ether oxygens (including phenoxy) is 1.